The molecule has 1 aliphatic rings. The molecule has 1 unspecified atom stereocenters. The van der Waals surface area contributed by atoms with Gasteiger partial charge in [-0.25, -0.2) is 9.59 Å². The second-order valence-electron chi connectivity index (χ2n) is 9.66. The van der Waals surface area contributed by atoms with Crippen molar-refractivity contribution in [1.82, 2.24) is 10.2 Å². The Labute approximate surface area is 206 Å². The van der Waals surface area contributed by atoms with E-state index in [9.17, 15) is 19.5 Å². The van der Waals surface area contributed by atoms with Gasteiger partial charge in [-0.05, 0) is 49.4 Å². The zero-order valence-corrected chi connectivity index (χ0v) is 20.9. The van der Waals surface area contributed by atoms with Crippen molar-refractivity contribution in [2.75, 3.05) is 20.3 Å². The molecular weight excluding hydrogens is 448 g/mol. The van der Waals surface area contributed by atoms with Crippen molar-refractivity contribution in [3.63, 3.8) is 0 Å². The Morgan fingerprint density at radius 1 is 1.03 bits per heavy atom. The summed E-state index contributed by atoms with van der Waals surface area (Å²) in [4.78, 5) is 38.6. The van der Waals surface area contributed by atoms with E-state index >= 15 is 0 Å². The van der Waals surface area contributed by atoms with Crippen molar-refractivity contribution in [2.45, 2.75) is 57.7 Å². The number of carboxylic acids is 1. The van der Waals surface area contributed by atoms with Gasteiger partial charge >= 0.3 is 12.1 Å². The largest absolute Gasteiger partial charge is 0.480 e. The van der Waals surface area contributed by atoms with Gasteiger partial charge < -0.3 is 24.8 Å². The molecule has 188 valence electrons. The highest BCUT2D eigenvalue weighted by atomic mass is 16.5. The van der Waals surface area contributed by atoms with E-state index in [4.69, 9.17) is 9.47 Å². The summed E-state index contributed by atoms with van der Waals surface area (Å²) in [6.07, 6.45) is -0.533. The number of amides is 2. The van der Waals surface area contributed by atoms with Crippen LogP contribution in [0.5, 0.6) is 0 Å². The number of benzene rings is 2. The molecule has 1 aliphatic carbocycles. The van der Waals surface area contributed by atoms with Crippen LogP contribution in [0.4, 0.5) is 4.79 Å². The molecule has 2 aromatic carbocycles. The summed E-state index contributed by atoms with van der Waals surface area (Å²) in [5, 5.41) is 12.0. The summed E-state index contributed by atoms with van der Waals surface area (Å²) in [6.45, 7) is 7.16. The molecule has 2 amide bonds. The highest BCUT2D eigenvalue weighted by Crippen LogP contribution is 2.44. The van der Waals surface area contributed by atoms with Crippen LogP contribution >= 0.6 is 0 Å². The Balaban J connectivity index is 1.72. The first-order valence-electron chi connectivity index (χ1n) is 11.8. The maximum absolute atomic E-state index is 13.1. The first-order chi connectivity index (χ1) is 16.5. The lowest BCUT2D eigenvalue weighted by Gasteiger charge is -2.30. The third-order valence-electron chi connectivity index (χ3n) is 6.10. The minimum atomic E-state index is -1.11. The van der Waals surface area contributed by atoms with Crippen LogP contribution in [0.25, 0.3) is 11.1 Å². The van der Waals surface area contributed by atoms with E-state index in [-0.39, 0.29) is 25.6 Å². The summed E-state index contributed by atoms with van der Waals surface area (Å²) in [6, 6.07) is 13.9. The normalized spacial score (nSPS) is 14.4. The summed E-state index contributed by atoms with van der Waals surface area (Å²) >= 11 is 0. The third-order valence-corrected chi connectivity index (χ3v) is 6.10. The van der Waals surface area contributed by atoms with E-state index in [1.165, 1.54) is 7.05 Å². The van der Waals surface area contributed by atoms with Gasteiger partial charge in [0.05, 0.1) is 12.2 Å². The van der Waals surface area contributed by atoms with Crippen LogP contribution in [-0.2, 0) is 19.1 Å². The number of carbonyl (C=O) groups excluding carboxylic acids is 2. The molecule has 3 rings (SSSR count). The van der Waals surface area contributed by atoms with Gasteiger partial charge in [-0.1, -0.05) is 55.5 Å². The lowest BCUT2D eigenvalue weighted by atomic mass is 9.98. The first kappa shape index (κ1) is 26.2. The summed E-state index contributed by atoms with van der Waals surface area (Å²) in [7, 11) is 1.41. The average Bonchev–Trinajstić information content (AvgIpc) is 3.13. The van der Waals surface area contributed by atoms with Gasteiger partial charge in [-0.3, -0.25) is 4.79 Å². The van der Waals surface area contributed by atoms with Gasteiger partial charge in [0.15, 0.2) is 0 Å². The Morgan fingerprint density at radius 2 is 1.57 bits per heavy atom. The molecule has 0 saturated carbocycles. The number of nitrogens with zero attached hydrogens (tertiary/aromatic N) is 1. The summed E-state index contributed by atoms with van der Waals surface area (Å²) in [5.41, 5.74) is 3.83. The molecule has 2 N–H and O–H groups in total. The van der Waals surface area contributed by atoms with Crippen molar-refractivity contribution < 1.29 is 29.0 Å². The van der Waals surface area contributed by atoms with Crippen LogP contribution in [0.2, 0.25) is 0 Å². The zero-order valence-electron chi connectivity index (χ0n) is 20.9. The topological polar surface area (TPSA) is 105 Å². The number of fused-ring (bicyclic) bond motifs is 3. The van der Waals surface area contributed by atoms with Gasteiger partial charge in [0.1, 0.15) is 18.7 Å². The maximum Gasteiger partial charge on any atom is 0.407 e. The van der Waals surface area contributed by atoms with E-state index < -0.39 is 35.7 Å². The van der Waals surface area contributed by atoms with Crippen molar-refractivity contribution in [1.29, 1.82) is 0 Å². The third kappa shape index (κ3) is 6.19. The molecule has 0 radical (unpaired) electrons. The van der Waals surface area contributed by atoms with Crippen LogP contribution < -0.4 is 5.32 Å². The van der Waals surface area contributed by atoms with Crippen LogP contribution in [-0.4, -0.2) is 65.9 Å². The van der Waals surface area contributed by atoms with Crippen LogP contribution in [0.3, 0.4) is 0 Å². The Hall–Kier alpha value is -3.39. The van der Waals surface area contributed by atoms with Crippen LogP contribution in [0.15, 0.2) is 48.5 Å². The van der Waals surface area contributed by atoms with Crippen molar-refractivity contribution in [2.24, 2.45) is 0 Å². The predicted molar refractivity (Wildman–Crippen MR) is 132 cm³/mol. The number of nitrogens with one attached hydrogen (secondary N) is 1. The van der Waals surface area contributed by atoms with E-state index in [1.807, 2.05) is 57.2 Å². The number of hydrogen-bond acceptors (Lipinski definition) is 5. The number of rotatable bonds is 9. The number of carboxylic acid groups (broad SMARTS) is 1. The fraction of sp³-hybridized carbons (Fsp3) is 0.444. The monoisotopic (exact) mass is 482 g/mol. The van der Waals surface area contributed by atoms with Crippen molar-refractivity contribution in [3.05, 3.63) is 59.7 Å². The lowest BCUT2D eigenvalue weighted by molar-refractivity contribution is -0.151. The van der Waals surface area contributed by atoms with Gasteiger partial charge in [-0.2, -0.15) is 0 Å². The van der Waals surface area contributed by atoms with Gasteiger partial charge in [-0.15, -0.1) is 0 Å². The molecule has 0 bridgehead atoms. The molecule has 8 nitrogen and oxygen atoms in total. The Morgan fingerprint density at radius 3 is 2.06 bits per heavy atom. The standard InChI is InChI=1S/C27H34N2O6/c1-6-23(25(31)32)29(5)24(30)22(16-35-27(2,3)4)28-26(33)34-15-21-19-13-9-7-11-17(19)18-12-8-10-14-20(18)21/h7-14,21-23H,6,15-16H2,1-5H3,(H,28,33)(H,31,32)/t22-,23?/m0/s1. The second-order valence-corrected chi connectivity index (χ2v) is 9.66. The van der Waals surface area contributed by atoms with Crippen molar-refractivity contribution in [3.8, 4) is 11.1 Å². The fourth-order valence-electron chi connectivity index (χ4n) is 4.30. The zero-order chi connectivity index (χ0) is 25.8. The van der Waals surface area contributed by atoms with Crippen LogP contribution in [0, 0.1) is 0 Å². The average molecular weight is 483 g/mol. The molecule has 0 aromatic heterocycles. The summed E-state index contributed by atoms with van der Waals surface area (Å²) < 4.78 is 11.3. The predicted octanol–water partition coefficient (Wildman–Crippen LogP) is 4.03. The number of ether oxygens (including phenoxy) is 2. The molecule has 0 saturated heterocycles. The Kier molecular flexibility index (Phi) is 8.17. The maximum atomic E-state index is 13.1. The van der Waals surface area contributed by atoms with E-state index in [2.05, 4.69) is 17.4 Å². The molecule has 0 heterocycles. The Bertz CT molecular complexity index is 1030. The minimum absolute atomic E-state index is 0.101. The number of hydrogen-bond donors (Lipinski definition) is 2. The SMILES string of the molecule is CCC(C(=O)O)N(C)C(=O)[C@H](COC(C)(C)C)NC(=O)OCC1c2ccccc2-c2ccccc21. The van der Waals surface area contributed by atoms with Crippen molar-refractivity contribution >= 4 is 18.0 Å². The van der Waals surface area contributed by atoms with E-state index in [1.54, 1.807) is 6.92 Å². The molecule has 0 aliphatic heterocycles. The van der Waals surface area contributed by atoms with E-state index in [0.717, 1.165) is 27.2 Å². The van der Waals surface area contributed by atoms with Crippen LogP contribution in [0.1, 0.15) is 51.2 Å². The molecular formula is C27H34N2O6. The number of aliphatic carboxylic acids is 1. The lowest BCUT2D eigenvalue weighted by Crippen LogP contribution is -2.54. The minimum Gasteiger partial charge on any atom is -0.480 e. The molecule has 2 atom stereocenters. The second kappa shape index (κ2) is 10.9. The molecule has 0 fully saturated rings. The fourth-order valence-corrected chi connectivity index (χ4v) is 4.30. The highest BCUT2D eigenvalue weighted by molar-refractivity contribution is 5.89. The highest BCUT2D eigenvalue weighted by Gasteiger charge is 2.33. The van der Waals surface area contributed by atoms with Gasteiger partial charge in [0, 0.05) is 13.0 Å². The molecule has 35 heavy (non-hydrogen) atoms. The van der Waals surface area contributed by atoms with Gasteiger partial charge in [0.2, 0.25) is 5.91 Å². The molecule has 0 spiro atoms. The molecule has 8 heteroatoms. The quantitative estimate of drug-likeness (QED) is 0.559. The van der Waals surface area contributed by atoms with E-state index in [0.29, 0.717) is 0 Å². The first-order valence-corrected chi connectivity index (χ1v) is 11.8. The molecule has 2 aromatic rings. The number of alkyl carbamates (subject to hydrolysis) is 1. The smallest absolute Gasteiger partial charge is 0.407 e. The number of likely N-dealkylation sites (N-methyl/N-ethyl adjacent to an activating group) is 1. The number of carbonyl (C=O) groups is 3. The van der Waals surface area contributed by atoms with Gasteiger partial charge in [0.25, 0.3) is 0 Å². The summed E-state index contributed by atoms with van der Waals surface area (Å²) in [5.74, 6) is -1.79.